The van der Waals surface area contributed by atoms with Crippen LogP contribution in [0.25, 0.3) is 0 Å². The van der Waals surface area contributed by atoms with E-state index in [-0.39, 0.29) is 6.42 Å². The predicted octanol–water partition coefficient (Wildman–Crippen LogP) is 1.46. The standard InChI is InChI=1S/C12H15NO4/c1-2-17-12(16)9-4-3-8(10(13)7-9)5-6-11(14)15/h3-4,7H,2,5-6,13H2,1H3,(H,14,15). The molecule has 5 heteroatoms. The zero-order valence-corrected chi connectivity index (χ0v) is 9.60. The summed E-state index contributed by atoms with van der Waals surface area (Å²) < 4.78 is 4.83. The Hall–Kier alpha value is -2.04. The fourth-order valence-corrected chi connectivity index (χ4v) is 1.41. The number of rotatable bonds is 5. The highest BCUT2D eigenvalue weighted by molar-refractivity contribution is 5.90. The smallest absolute Gasteiger partial charge is 0.338 e. The van der Waals surface area contributed by atoms with Crippen LogP contribution in [0.1, 0.15) is 29.3 Å². The first-order chi connectivity index (χ1) is 8.04. The van der Waals surface area contributed by atoms with Crippen LogP contribution in [0.4, 0.5) is 5.69 Å². The summed E-state index contributed by atoms with van der Waals surface area (Å²) in [6, 6.07) is 4.76. The maximum absolute atomic E-state index is 11.4. The number of carbonyl (C=O) groups excluding carboxylic acids is 1. The van der Waals surface area contributed by atoms with E-state index in [1.807, 2.05) is 0 Å². The lowest BCUT2D eigenvalue weighted by Gasteiger charge is -2.07. The van der Waals surface area contributed by atoms with Gasteiger partial charge in [0, 0.05) is 12.1 Å². The summed E-state index contributed by atoms with van der Waals surface area (Å²) in [7, 11) is 0. The molecule has 0 amide bonds. The van der Waals surface area contributed by atoms with Gasteiger partial charge in [-0.05, 0) is 31.0 Å². The molecular weight excluding hydrogens is 222 g/mol. The van der Waals surface area contributed by atoms with Gasteiger partial charge in [-0.3, -0.25) is 4.79 Å². The van der Waals surface area contributed by atoms with Gasteiger partial charge in [-0.25, -0.2) is 4.79 Å². The second kappa shape index (κ2) is 5.89. The van der Waals surface area contributed by atoms with E-state index in [2.05, 4.69) is 0 Å². The first-order valence-electron chi connectivity index (χ1n) is 5.32. The van der Waals surface area contributed by atoms with Crippen LogP contribution in [0.3, 0.4) is 0 Å². The second-order valence-electron chi connectivity index (χ2n) is 3.53. The molecule has 0 fully saturated rings. The Morgan fingerprint density at radius 3 is 2.65 bits per heavy atom. The zero-order chi connectivity index (χ0) is 12.8. The van der Waals surface area contributed by atoms with Crippen molar-refractivity contribution in [3.63, 3.8) is 0 Å². The molecule has 0 atom stereocenters. The fraction of sp³-hybridized carbons (Fsp3) is 0.333. The molecular formula is C12H15NO4. The highest BCUT2D eigenvalue weighted by Gasteiger charge is 2.09. The predicted molar refractivity (Wildman–Crippen MR) is 62.8 cm³/mol. The third kappa shape index (κ3) is 3.79. The van der Waals surface area contributed by atoms with Gasteiger partial charge >= 0.3 is 11.9 Å². The van der Waals surface area contributed by atoms with Crippen LogP contribution >= 0.6 is 0 Å². The molecule has 0 bridgehead atoms. The quantitative estimate of drug-likeness (QED) is 0.597. The number of nitrogen functional groups attached to an aromatic ring is 1. The SMILES string of the molecule is CCOC(=O)c1ccc(CCC(=O)O)c(N)c1. The number of hydrogen-bond donors (Lipinski definition) is 2. The molecule has 5 nitrogen and oxygen atoms in total. The summed E-state index contributed by atoms with van der Waals surface area (Å²) in [5.41, 5.74) is 7.26. The van der Waals surface area contributed by atoms with Gasteiger partial charge in [0.1, 0.15) is 0 Å². The van der Waals surface area contributed by atoms with Crippen LogP contribution in [0.2, 0.25) is 0 Å². The monoisotopic (exact) mass is 237 g/mol. The van der Waals surface area contributed by atoms with Gasteiger partial charge in [0.15, 0.2) is 0 Å². The van der Waals surface area contributed by atoms with E-state index in [1.165, 1.54) is 6.07 Å². The molecule has 0 unspecified atom stereocenters. The van der Waals surface area contributed by atoms with E-state index in [9.17, 15) is 9.59 Å². The first kappa shape index (κ1) is 13.0. The average molecular weight is 237 g/mol. The Balaban J connectivity index is 2.78. The van der Waals surface area contributed by atoms with Crippen molar-refractivity contribution >= 4 is 17.6 Å². The molecule has 0 heterocycles. The van der Waals surface area contributed by atoms with Gasteiger partial charge in [-0.2, -0.15) is 0 Å². The number of anilines is 1. The summed E-state index contributed by atoms with van der Waals surface area (Å²) in [6.07, 6.45) is 0.368. The Kier molecular flexibility index (Phi) is 4.51. The summed E-state index contributed by atoms with van der Waals surface area (Å²) in [4.78, 5) is 21.8. The largest absolute Gasteiger partial charge is 0.481 e. The Labute approximate surface area is 99.2 Å². The van der Waals surface area contributed by atoms with Gasteiger partial charge < -0.3 is 15.6 Å². The molecule has 0 aromatic heterocycles. The minimum absolute atomic E-state index is 0.0168. The number of carboxylic acids is 1. The van der Waals surface area contributed by atoms with Gasteiger partial charge in [-0.15, -0.1) is 0 Å². The molecule has 1 aromatic carbocycles. The van der Waals surface area contributed by atoms with E-state index in [0.717, 1.165) is 5.56 Å². The molecule has 0 aliphatic carbocycles. The molecule has 1 aromatic rings. The molecule has 0 saturated heterocycles. The van der Waals surface area contributed by atoms with Gasteiger partial charge in [0.05, 0.1) is 12.2 Å². The summed E-state index contributed by atoms with van der Waals surface area (Å²) in [6.45, 7) is 2.03. The highest BCUT2D eigenvalue weighted by atomic mass is 16.5. The van der Waals surface area contributed by atoms with Crippen LogP contribution in [0.15, 0.2) is 18.2 Å². The normalized spacial score (nSPS) is 9.94. The summed E-state index contributed by atoms with van der Waals surface area (Å²) >= 11 is 0. The molecule has 0 radical (unpaired) electrons. The number of hydrogen-bond acceptors (Lipinski definition) is 4. The van der Waals surface area contributed by atoms with Crippen LogP contribution in [-0.2, 0) is 16.0 Å². The number of ether oxygens (including phenoxy) is 1. The van der Waals surface area contributed by atoms with Gasteiger partial charge in [-0.1, -0.05) is 6.07 Å². The molecule has 0 aliphatic heterocycles. The van der Waals surface area contributed by atoms with Crippen LogP contribution in [0.5, 0.6) is 0 Å². The van der Waals surface area contributed by atoms with Crippen LogP contribution < -0.4 is 5.73 Å². The van der Waals surface area contributed by atoms with Crippen molar-refractivity contribution in [3.8, 4) is 0 Å². The number of carboxylic acid groups (broad SMARTS) is 1. The maximum atomic E-state index is 11.4. The zero-order valence-electron chi connectivity index (χ0n) is 9.60. The van der Waals surface area contributed by atoms with Crippen molar-refractivity contribution < 1.29 is 19.4 Å². The number of aliphatic carboxylic acids is 1. The van der Waals surface area contributed by atoms with Crippen molar-refractivity contribution in [1.29, 1.82) is 0 Å². The second-order valence-corrected chi connectivity index (χ2v) is 3.53. The van der Waals surface area contributed by atoms with Crippen molar-refractivity contribution in [3.05, 3.63) is 29.3 Å². The summed E-state index contributed by atoms with van der Waals surface area (Å²) in [5, 5.41) is 8.56. The van der Waals surface area contributed by atoms with Crippen LogP contribution in [0, 0.1) is 0 Å². The van der Waals surface area contributed by atoms with Crippen molar-refractivity contribution in [2.24, 2.45) is 0 Å². The van der Waals surface area contributed by atoms with Crippen molar-refractivity contribution in [2.45, 2.75) is 19.8 Å². The van der Waals surface area contributed by atoms with Crippen molar-refractivity contribution in [2.75, 3.05) is 12.3 Å². The van der Waals surface area contributed by atoms with E-state index >= 15 is 0 Å². The lowest BCUT2D eigenvalue weighted by molar-refractivity contribution is -0.136. The third-order valence-electron chi connectivity index (χ3n) is 2.27. The van der Waals surface area contributed by atoms with E-state index < -0.39 is 11.9 Å². The molecule has 0 saturated carbocycles. The Morgan fingerprint density at radius 1 is 1.41 bits per heavy atom. The average Bonchev–Trinajstić information content (AvgIpc) is 2.27. The minimum atomic E-state index is -0.876. The molecule has 1 rings (SSSR count). The molecule has 0 spiro atoms. The molecule has 3 N–H and O–H groups in total. The highest BCUT2D eigenvalue weighted by Crippen LogP contribution is 2.16. The number of esters is 1. The van der Waals surface area contributed by atoms with Gasteiger partial charge in [0.2, 0.25) is 0 Å². The lowest BCUT2D eigenvalue weighted by Crippen LogP contribution is -2.07. The number of benzene rings is 1. The summed E-state index contributed by atoms with van der Waals surface area (Å²) in [5.74, 6) is -1.30. The van der Waals surface area contributed by atoms with Crippen molar-refractivity contribution in [1.82, 2.24) is 0 Å². The maximum Gasteiger partial charge on any atom is 0.338 e. The topological polar surface area (TPSA) is 89.6 Å². The van der Waals surface area contributed by atoms with Crippen LogP contribution in [-0.4, -0.2) is 23.7 Å². The van der Waals surface area contributed by atoms with Gasteiger partial charge in [0.25, 0.3) is 0 Å². The Bertz CT molecular complexity index is 429. The fourth-order valence-electron chi connectivity index (χ4n) is 1.41. The lowest BCUT2D eigenvalue weighted by atomic mass is 10.0. The molecule has 92 valence electrons. The number of carbonyl (C=O) groups is 2. The number of nitrogens with two attached hydrogens (primary N) is 1. The third-order valence-corrected chi connectivity index (χ3v) is 2.27. The Morgan fingerprint density at radius 2 is 2.12 bits per heavy atom. The number of aryl methyl sites for hydroxylation is 1. The first-order valence-corrected chi connectivity index (χ1v) is 5.32. The van der Waals surface area contributed by atoms with E-state index in [1.54, 1.807) is 19.1 Å². The minimum Gasteiger partial charge on any atom is -0.481 e. The van der Waals surface area contributed by atoms with E-state index in [4.69, 9.17) is 15.6 Å². The molecule has 0 aliphatic rings. The molecule has 17 heavy (non-hydrogen) atoms. The van der Waals surface area contributed by atoms with E-state index in [0.29, 0.717) is 24.3 Å².